The van der Waals surface area contributed by atoms with Gasteiger partial charge in [0.15, 0.2) is 29.7 Å². The Morgan fingerprint density at radius 3 is 2.05 bits per heavy atom. The average molecular weight is 571 g/mol. The van der Waals surface area contributed by atoms with E-state index < -0.39 is 5.92 Å². The van der Waals surface area contributed by atoms with Gasteiger partial charge in [-0.25, -0.2) is 0 Å². The van der Waals surface area contributed by atoms with Gasteiger partial charge < -0.3 is 20.1 Å². The standard InChI is InChI=1S/C35H42N2O5/c1-8-41-29-14-22(10-12-28(29)42-19-30(40)37-23-11-9-20(2)13-21(23)3)31-32-24(15-34(4,5)17-26(32)38)36-25-16-35(6,7)18-27(39)33(25)31/h9-14,31,36H,8,15-19H2,1-7H3,(H,37,40). The van der Waals surface area contributed by atoms with Crippen LogP contribution in [0.5, 0.6) is 11.5 Å². The predicted molar refractivity (Wildman–Crippen MR) is 164 cm³/mol. The van der Waals surface area contributed by atoms with Crippen molar-refractivity contribution in [3.63, 3.8) is 0 Å². The highest BCUT2D eigenvalue weighted by Gasteiger charge is 2.46. The summed E-state index contributed by atoms with van der Waals surface area (Å²) in [6.45, 7) is 14.5. The van der Waals surface area contributed by atoms with Crippen LogP contribution in [0.4, 0.5) is 5.69 Å². The molecule has 2 aromatic rings. The number of benzene rings is 2. The zero-order valence-electron chi connectivity index (χ0n) is 25.8. The van der Waals surface area contributed by atoms with Crippen LogP contribution in [0, 0.1) is 24.7 Å². The number of nitrogens with one attached hydrogen (secondary N) is 2. The summed E-state index contributed by atoms with van der Waals surface area (Å²) in [5.74, 6) is 0.311. The molecular weight excluding hydrogens is 528 g/mol. The van der Waals surface area contributed by atoms with Crippen LogP contribution in [0.1, 0.15) is 82.9 Å². The first kappa shape index (κ1) is 29.6. The molecule has 3 aliphatic rings. The molecule has 7 heteroatoms. The summed E-state index contributed by atoms with van der Waals surface area (Å²) in [6.07, 6.45) is 2.35. The first-order valence-electron chi connectivity index (χ1n) is 14.8. The van der Waals surface area contributed by atoms with Crippen molar-refractivity contribution in [1.82, 2.24) is 5.32 Å². The number of rotatable bonds is 7. The topological polar surface area (TPSA) is 93.7 Å². The molecule has 7 nitrogen and oxygen atoms in total. The summed E-state index contributed by atoms with van der Waals surface area (Å²) >= 11 is 0. The summed E-state index contributed by atoms with van der Waals surface area (Å²) in [7, 11) is 0. The van der Waals surface area contributed by atoms with Gasteiger partial charge in [0, 0.05) is 47.0 Å². The van der Waals surface area contributed by atoms with Crippen LogP contribution in [0.15, 0.2) is 58.9 Å². The molecule has 0 bridgehead atoms. The van der Waals surface area contributed by atoms with Crippen LogP contribution in [-0.4, -0.2) is 30.7 Å². The number of amides is 1. The Morgan fingerprint density at radius 2 is 1.48 bits per heavy atom. The minimum Gasteiger partial charge on any atom is -0.490 e. The van der Waals surface area contributed by atoms with E-state index in [1.54, 1.807) is 6.07 Å². The number of Topliss-reactive ketones (excluding diaryl/α,β-unsaturated/α-hetero) is 2. The third-order valence-corrected chi connectivity index (χ3v) is 8.33. The van der Waals surface area contributed by atoms with E-state index in [2.05, 4.69) is 38.3 Å². The summed E-state index contributed by atoms with van der Waals surface area (Å²) in [5.41, 5.74) is 6.56. The Hall–Kier alpha value is -3.87. The molecular formula is C35H42N2O5. The summed E-state index contributed by atoms with van der Waals surface area (Å²) < 4.78 is 11.9. The van der Waals surface area contributed by atoms with Gasteiger partial charge in [-0.15, -0.1) is 0 Å². The van der Waals surface area contributed by atoms with Crippen LogP contribution in [0.25, 0.3) is 0 Å². The van der Waals surface area contributed by atoms with Crippen molar-refractivity contribution in [2.24, 2.45) is 10.8 Å². The van der Waals surface area contributed by atoms with E-state index >= 15 is 0 Å². The first-order valence-corrected chi connectivity index (χ1v) is 14.8. The molecule has 0 atom stereocenters. The molecule has 0 saturated carbocycles. The normalized spacial score (nSPS) is 19.6. The molecule has 0 unspecified atom stereocenters. The monoisotopic (exact) mass is 570 g/mol. The Kier molecular flexibility index (Phi) is 7.82. The lowest BCUT2D eigenvalue weighted by molar-refractivity contribution is -0.119. The van der Waals surface area contributed by atoms with Crippen molar-refractivity contribution in [2.45, 2.75) is 80.1 Å². The molecule has 2 N–H and O–H groups in total. The summed E-state index contributed by atoms with van der Waals surface area (Å²) in [5, 5.41) is 6.47. The smallest absolute Gasteiger partial charge is 0.262 e. The van der Waals surface area contributed by atoms with Gasteiger partial charge in [0.25, 0.3) is 5.91 Å². The predicted octanol–water partition coefficient (Wildman–Crippen LogP) is 6.69. The second-order valence-corrected chi connectivity index (χ2v) is 13.5. The highest BCUT2D eigenvalue weighted by Crippen LogP contribution is 2.51. The fraction of sp³-hybridized carbons (Fsp3) is 0.457. The first-order chi connectivity index (χ1) is 19.8. The van der Waals surface area contributed by atoms with Crippen LogP contribution >= 0.6 is 0 Å². The molecule has 5 rings (SSSR count). The molecule has 0 aromatic heterocycles. The zero-order chi connectivity index (χ0) is 30.4. The zero-order valence-corrected chi connectivity index (χ0v) is 25.8. The lowest BCUT2D eigenvalue weighted by Gasteiger charge is -2.44. The number of allylic oxidation sites excluding steroid dienone is 4. The van der Waals surface area contributed by atoms with E-state index in [1.807, 2.05) is 51.1 Å². The number of aryl methyl sites for hydroxylation is 2. The fourth-order valence-corrected chi connectivity index (χ4v) is 6.60. The SMILES string of the molecule is CCOc1cc(C2C3=C(CC(C)(C)CC3=O)NC3=C2C(=O)CC(C)(C)C3)ccc1OCC(=O)Nc1ccc(C)cc1C. The maximum absolute atomic E-state index is 13.7. The number of dihydropyridines is 1. The number of carbonyl (C=O) groups excluding carboxylic acids is 3. The van der Waals surface area contributed by atoms with Crippen molar-refractivity contribution < 1.29 is 23.9 Å². The van der Waals surface area contributed by atoms with Crippen molar-refractivity contribution in [3.8, 4) is 11.5 Å². The van der Waals surface area contributed by atoms with Crippen molar-refractivity contribution in [1.29, 1.82) is 0 Å². The van der Waals surface area contributed by atoms with E-state index in [0.29, 0.717) is 42.1 Å². The number of hydrogen-bond donors (Lipinski definition) is 2. The number of carbonyl (C=O) groups is 3. The molecule has 0 radical (unpaired) electrons. The molecule has 0 fully saturated rings. The van der Waals surface area contributed by atoms with Gasteiger partial charge in [0.05, 0.1) is 6.61 Å². The molecule has 0 spiro atoms. The Labute approximate surface area is 248 Å². The summed E-state index contributed by atoms with van der Waals surface area (Å²) in [6, 6.07) is 11.4. The summed E-state index contributed by atoms with van der Waals surface area (Å²) in [4.78, 5) is 40.0. The fourth-order valence-electron chi connectivity index (χ4n) is 6.60. The Balaban J connectivity index is 1.47. The van der Waals surface area contributed by atoms with Gasteiger partial charge in [-0.2, -0.15) is 0 Å². The number of anilines is 1. The minimum atomic E-state index is -0.468. The molecule has 0 saturated heterocycles. The van der Waals surface area contributed by atoms with Crippen molar-refractivity contribution >= 4 is 23.2 Å². The largest absolute Gasteiger partial charge is 0.490 e. The highest BCUT2D eigenvalue weighted by molar-refractivity contribution is 6.06. The van der Waals surface area contributed by atoms with E-state index in [0.717, 1.165) is 46.6 Å². The van der Waals surface area contributed by atoms with Gasteiger partial charge in [0.1, 0.15) is 0 Å². The van der Waals surface area contributed by atoms with E-state index in [9.17, 15) is 14.4 Å². The van der Waals surface area contributed by atoms with Crippen LogP contribution in [-0.2, 0) is 14.4 Å². The quantitative estimate of drug-likeness (QED) is 0.385. The van der Waals surface area contributed by atoms with Crippen LogP contribution in [0.2, 0.25) is 0 Å². The van der Waals surface area contributed by atoms with E-state index in [4.69, 9.17) is 9.47 Å². The lowest BCUT2D eigenvalue weighted by atomic mass is 9.64. The molecule has 2 aliphatic carbocycles. The molecule has 1 amide bonds. The lowest BCUT2D eigenvalue weighted by Crippen LogP contribution is -2.42. The third-order valence-electron chi connectivity index (χ3n) is 8.33. The number of ether oxygens (including phenoxy) is 2. The van der Waals surface area contributed by atoms with Gasteiger partial charge in [-0.3, -0.25) is 14.4 Å². The molecule has 222 valence electrons. The minimum absolute atomic E-state index is 0.0734. The second-order valence-electron chi connectivity index (χ2n) is 13.5. The molecule has 1 heterocycles. The van der Waals surface area contributed by atoms with Gasteiger partial charge in [0.2, 0.25) is 0 Å². The Morgan fingerprint density at radius 1 is 0.857 bits per heavy atom. The van der Waals surface area contributed by atoms with Gasteiger partial charge in [-0.05, 0) is 73.8 Å². The van der Waals surface area contributed by atoms with Crippen molar-refractivity contribution in [3.05, 3.63) is 75.6 Å². The van der Waals surface area contributed by atoms with Crippen LogP contribution in [0.3, 0.4) is 0 Å². The molecule has 42 heavy (non-hydrogen) atoms. The number of hydrogen-bond acceptors (Lipinski definition) is 6. The van der Waals surface area contributed by atoms with Gasteiger partial charge >= 0.3 is 0 Å². The molecule has 1 aliphatic heterocycles. The number of ketones is 2. The van der Waals surface area contributed by atoms with Crippen molar-refractivity contribution in [2.75, 3.05) is 18.5 Å². The average Bonchev–Trinajstić information content (AvgIpc) is 2.87. The van der Waals surface area contributed by atoms with E-state index in [-0.39, 0.29) is 34.9 Å². The Bertz CT molecular complexity index is 1480. The third kappa shape index (κ3) is 6.01. The van der Waals surface area contributed by atoms with E-state index in [1.165, 1.54) is 0 Å². The molecule has 2 aromatic carbocycles. The second kappa shape index (κ2) is 11.1. The van der Waals surface area contributed by atoms with Crippen LogP contribution < -0.4 is 20.1 Å². The van der Waals surface area contributed by atoms with Gasteiger partial charge in [-0.1, -0.05) is 51.5 Å². The highest BCUT2D eigenvalue weighted by atomic mass is 16.5. The maximum atomic E-state index is 13.7. The maximum Gasteiger partial charge on any atom is 0.262 e.